The summed E-state index contributed by atoms with van der Waals surface area (Å²) in [6.07, 6.45) is 7.30. The Balaban J connectivity index is 2.23. The first-order valence-electron chi connectivity index (χ1n) is 5.58. The summed E-state index contributed by atoms with van der Waals surface area (Å²) in [5.41, 5.74) is 3.40. The van der Waals surface area contributed by atoms with Gasteiger partial charge in [-0.1, -0.05) is 30.7 Å². The van der Waals surface area contributed by atoms with Gasteiger partial charge in [0, 0.05) is 29.2 Å². The standard InChI is InChI=1S/C15H16N2/c1-4-9-17(3)11-12(2)14-10-16-15-8-6-5-7-13(14)15/h1,5-8,10,16H,2,9,11H2,3H3. The molecule has 0 unspecified atom stereocenters. The van der Waals surface area contributed by atoms with E-state index in [1.807, 2.05) is 25.4 Å². The average molecular weight is 224 g/mol. The molecule has 0 bridgehead atoms. The Labute approximate surface area is 102 Å². The number of benzene rings is 1. The summed E-state index contributed by atoms with van der Waals surface area (Å²) < 4.78 is 0. The molecule has 1 heterocycles. The highest BCUT2D eigenvalue weighted by atomic mass is 15.1. The molecular formula is C15H16N2. The molecule has 0 saturated carbocycles. The molecule has 2 heteroatoms. The highest BCUT2D eigenvalue weighted by molar-refractivity contribution is 5.92. The van der Waals surface area contributed by atoms with Gasteiger partial charge in [-0.25, -0.2) is 0 Å². The Morgan fingerprint density at radius 1 is 1.47 bits per heavy atom. The smallest absolute Gasteiger partial charge is 0.0599 e. The summed E-state index contributed by atoms with van der Waals surface area (Å²) in [5.74, 6) is 2.63. The molecule has 0 radical (unpaired) electrons. The van der Waals surface area contributed by atoms with E-state index in [1.54, 1.807) is 0 Å². The van der Waals surface area contributed by atoms with E-state index in [2.05, 4.69) is 34.5 Å². The number of nitrogens with one attached hydrogen (secondary N) is 1. The Kier molecular flexibility index (Phi) is 3.32. The summed E-state index contributed by atoms with van der Waals surface area (Å²) in [5, 5.41) is 1.21. The number of likely N-dealkylation sites (N-methyl/N-ethyl adjacent to an activating group) is 1. The van der Waals surface area contributed by atoms with Crippen molar-refractivity contribution in [2.75, 3.05) is 20.1 Å². The lowest BCUT2D eigenvalue weighted by molar-refractivity contribution is 0.425. The monoisotopic (exact) mass is 224 g/mol. The van der Waals surface area contributed by atoms with E-state index in [9.17, 15) is 0 Å². The van der Waals surface area contributed by atoms with Crippen LogP contribution in [-0.2, 0) is 0 Å². The number of aromatic nitrogens is 1. The molecule has 2 rings (SSSR count). The van der Waals surface area contributed by atoms with E-state index in [4.69, 9.17) is 6.42 Å². The minimum Gasteiger partial charge on any atom is -0.361 e. The highest BCUT2D eigenvalue weighted by Crippen LogP contribution is 2.23. The number of hydrogen-bond donors (Lipinski definition) is 1. The summed E-state index contributed by atoms with van der Waals surface area (Å²) in [6, 6.07) is 8.23. The van der Waals surface area contributed by atoms with E-state index in [0.717, 1.165) is 17.6 Å². The van der Waals surface area contributed by atoms with Crippen molar-refractivity contribution in [2.45, 2.75) is 0 Å². The first-order chi connectivity index (χ1) is 8.22. The maximum Gasteiger partial charge on any atom is 0.0599 e. The third kappa shape index (κ3) is 2.41. The van der Waals surface area contributed by atoms with Gasteiger partial charge in [-0.05, 0) is 18.7 Å². The van der Waals surface area contributed by atoms with Crippen molar-refractivity contribution in [3.8, 4) is 12.3 Å². The number of terminal acetylenes is 1. The molecule has 17 heavy (non-hydrogen) atoms. The SMILES string of the molecule is C#CCN(C)CC(=C)c1c[nH]c2ccccc12. The maximum atomic E-state index is 5.29. The first-order valence-corrected chi connectivity index (χ1v) is 5.58. The van der Waals surface area contributed by atoms with Gasteiger partial charge in [-0.15, -0.1) is 6.42 Å². The second kappa shape index (κ2) is 4.90. The van der Waals surface area contributed by atoms with Gasteiger partial charge in [-0.3, -0.25) is 4.90 Å². The minimum absolute atomic E-state index is 0.640. The normalized spacial score (nSPS) is 10.6. The van der Waals surface area contributed by atoms with Gasteiger partial charge in [0.25, 0.3) is 0 Å². The lowest BCUT2D eigenvalue weighted by atomic mass is 10.1. The molecule has 0 aliphatic heterocycles. The van der Waals surface area contributed by atoms with Gasteiger partial charge in [0.05, 0.1) is 6.54 Å². The number of fused-ring (bicyclic) bond motifs is 1. The Morgan fingerprint density at radius 3 is 3.00 bits per heavy atom. The van der Waals surface area contributed by atoms with Crippen LogP contribution in [0.2, 0.25) is 0 Å². The molecule has 0 fully saturated rings. The summed E-state index contributed by atoms with van der Waals surface area (Å²) >= 11 is 0. The number of hydrogen-bond acceptors (Lipinski definition) is 1. The fourth-order valence-electron chi connectivity index (χ4n) is 1.99. The minimum atomic E-state index is 0.640. The number of H-pyrrole nitrogens is 1. The lowest BCUT2D eigenvalue weighted by Gasteiger charge is -2.14. The van der Waals surface area contributed by atoms with Crippen molar-refractivity contribution in [1.29, 1.82) is 0 Å². The second-order valence-corrected chi connectivity index (χ2v) is 4.23. The molecule has 0 atom stereocenters. The molecule has 0 aliphatic rings. The van der Waals surface area contributed by atoms with Gasteiger partial charge in [0.1, 0.15) is 0 Å². The topological polar surface area (TPSA) is 19.0 Å². The number of rotatable bonds is 4. The largest absolute Gasteiger partial charge is 0.361 e. The number of nitrogens with zero attached hydrogens (tertiary/aromatic N) is 1. The molecule has 2 aromatic rings. The van der Waals surface area contributed by atoms with Crippen LogP contribution in [-0.4, -0.2) is 30.0 Å². The van der Waals surface area contributed by atoms with Crippen molar-refractivity contribution in [3.05, 3.63) is 42.6 Å². The van der Waals surface area contributed by atoms with Crippen molar-refractivity contribution < 1.29 is 0 Å². The van der Waals surface area contributed by atoms with Crippen molar-refractivity contribution in [3.63, 3.8) is 0 Å². The van der Waals surface area contributed by atoms with Gasteiger partial charge in [0.2, 0.25) is 0 Å². The summed E-state index contributed by atoms with van der Waals surface area (Å²) in [6.45, 7) is 5.56. The zero-order chi connectivity index (χ0) is 12.3. The van der Waals surface area contributed by atoms with E-state index >= 15 is 0 Å². The molecule has 1 aromatic heterocycles. The van der Waals surface area contributed by atoms with Gasteiger partial charge >= 0.3 is 0 Å². The predicted octanol–water partition coefficient (Wildman–Crippen LogP) is 2.75. The number of aromatic amines is 1. The summed E-state index contributed by atoms with van der Waals surface area (Å²) in [4.78, 5) is 5.33. The van der Waals surface area contributed by atoms with Crippen LogP contribution in [0.4, 0.5) is 0 Å². The number of para-hydroxylation sites is 1. The molecule has 0 aliphatic carbocycles. The van der Waals surface area contributed by atoms with Crippen molar-refractivity contribution in [1.82, 2.24) is 9.88 Å². The van der Waals surface area contributed by atoms with Crippen molar-refractivity contribution in [2.24, 2.45) is 0 Å². The third-order valence-corrected chi connectivity index (χ3v) is 2.79. The Hall–Kier alpha value is -1.98. The molecule has 0 spiro atoms. The van der Waals surface area contributed by atoms with E-state index in [-0.39, 0.29) is 0 Å². The molecule has 2 nitrogen and oxygen atoms in total. The van der Waals surface area contributed by atoms with Crippen LogP contribution in [0, 0.1) is 12.3 Å². The van der Waals surface area contributed by atoms with Crippen LogP contribution in [0.25, 0.3) is 16.5 Å². The highest BCUT2D eigenvalue weighted by Gasteiger charge is 2.07. The molecule has 0 saturated heterocycles. The Morgan fingerprint density at radius 2 is 2.24 bits per heavy atom. The van der Waals surface area contributed by atoms with Crippen LogP contribution < -0.4 is 0 Å². The quantitative estimate of drug-likeness (QED) is 0.791. The fraction of sp³-hybridized carbons (Fsp3) is 0.200. The molecule has 0 amide bonds. The van der Waals surface area contributed by atoms with Crippen LogP contribution in [0.3, 0.4) is 0 Å². The molecule has 86 valence electrons. The average Bonchev–Trinajstić information content (AvgIpc) is 2.72. The lowest BCUT2D eigenvalue weighted by Crippen LogP contribution is -2.20. The van der Waals surface area contributed by atoms with Crippen LogP contribution in [0.1, 0.15) is 5.56 Å². The molecular weight excluding hydrogens is 208 g/mol. The zero-order valence-corrected chi connectivity index (χ0v) is 10.0. The maximum absolute atomic E-state index is 5.29. The van der Waals surface area contributed by atoms with E-state index in [0.29, 0.717) is 6.54 Å². The van der Waals surface area contributed by atoms with Crippen molar-refractivity contribution >= 4 is 16.5 Å². The van der Waals surface area contributed by atoms with Crippen LogP contribution in [0.15, 0.2) is 37.0 Å². The molecule has 1 aromatic carbocycles. The first kappa shape index (κ1) is 11.5. The zero-order valence-electron chi connectivity index (χ0n) is 10.0. The van der Waals surface area contributed by atoms with Gasteiger partial charge in [-0.2, -0.15) is 0 Å². The predicted molar refractivity (Wildman–Crippen MR) is 73.7 cm³/mol. The summed E-state index contributed by atoms with van der Waals surface area (Å²) in [7, 11) is 2.00. The molecule has 1 N–H and O–H groups in total. The van der Waals surface area contributed by atoms with Gasteiger partial charge < -0.3 is 4.98 Å². The van der Waals surface area contributed by atoms with Crippen LogP contribution in [0.5, 0.6) is 0 Å². The Bertz CT molecular complexity index is 572. The third-order valence-electron chi connectivity index (χ3n) is 2.79. The van der Waals surface area contributed by atoms with E-state index in [1.165, 1.54) is 10.9 Å². The second-order valence-electron chi connectivity index (χ2n) is 4.23. The fourth-order valence-corrected chi connectivity index (χ4v) is 1.99. The van der Waals surface area contributed by atoms with Crippen LogP contribution >= 0.6 is 0 Å². The van der Waals surface area contributed by atoms with E-state index < -0.39 is 0 Å². The van der Waals surface area contributed by atoms with Gasteiger partial charge in [0.15, 0.2) is 0 Å².